The van der Waals surface area contributed by atoms with Crippen LogP contribution in [-0.2, 0) is 11.2 Å². The van der Waals surface area contributed by atoms with E-state index in [0.717, 1.165) is 39.7 Å². The molecule has 1 N–H and O–H groups in total. The number of ether oxygens (including phenoxy) is 2. The average Bonchev–Trinajstić information content (AvgIpc) is 3.51. The van der Waals surface area contributed by atoms with Gasteiger partial charge in [-0.1, -0.05) is 30.3 Å². The molecule has 2 heterocycles. The van der Waals surface area contributed by atoms with E-state index in [1.54, 1.807) is 24.3 Å². The Balaban J connectivity index is 1.27. The van der Waals surface area contributed by atoms with Gasteiger partial charge >= 0.3 is 5.97 Å². The second kappa shape index (κ2) is 9.85. The highest BCUT2D eigenvalue weighted by Gasteiger charge is 2.29. The highest BCUT2D eigenvalue weighted by atomic mass is 16.5. The molecule has 37 heavy (non-hydrogen) atoms. The van der Waals surface area contributed by atoms with Crippen LogP contribution in [0.2, 0.25) is 0 Å². The van der Waals surface area contributed by atoms with Crippen molar-refractivity contribution in [3.63, 3.8) is 0 Å². The van der Waals surface area contributed by atoms with Crippen LogP contribution in [0.1, 0.15) is 25.3 Å². The first-order valence-electron chi connectivity index (χ1n) is 12.0. The molecule has 0 unspecified atom stereocenters. The highest BCUT2D eigenvalue weighted by Crippen LogP contribution is 2.36. The van der Waals surface area contributed by atoms with Gasteiger partial charge in [0.25, 0.3) is 0 Å². The summed E-state index contributed by atoms with van der Waals surface area (Å²) in [5, 5.41) is 9.21. The van der Waals surface area contributed by atoms with E-state index in [1.807, 2.05) is 61.5 Å². The molecule has 0 radical (unpaired) electrons. The normalized spacial score (nSPS) is 11.5. The molecule has 0 saturated heterocycles. The number of hydrogen-bond acceptors (Lipinski definition) is 6. The van der Waals surface area contributed by atoms with Crippen molar-refractivity contribution in [2.45, 2.75) is 32.8 Å². The number of fused-ring (bicyclic) bond motifs is 1. The molecule has 1 aliphatic carbocycles. The minimum absolute atomic E-state index is 0.401. The molecule has 2 aliphatic rings. The third kappa shape index (κ3) is 5.21. The number of carbonyl (C=O) groups is 1. The lowest BCUT2D eigenvalue weighted by atomic mass is 10.0. The number of carboxylic acid groups (broad SMARTS) is 1. The molecule has 0 spiro atoms. The highest BCUT2D eigenvalue weighted by molar-refractivity contribution is 5.79. The summed E-state index contributed by atoms with van der Waals surface area (Å²) in [4.78, 5) is 16.0. The van der Waals surface area contributed by atoms with E-state index in [9.17, 15) is 9.90 Å². The molecule has 0 atom stereocenters. The Bertz CT molecular complexity index is 1490. The van der Waals surface area contributed by atoms with Crippen LogP contribution in [0.5, 0.6) is 11.5 Å². The van der Waals surface area contributed by atoms with Gasteiger partial charge in [0.15, 0.2) is 5.60 Å². The lowest BCUT2D eigenvalue weighted by Gasteiger charge is -2.21. The summed E-state index contributed by atoms with van der Waals surface area (Å²) in [5.74, 6) is 2.92. The Hall–Kier alpha value is -4.52. The molecule has 5 rings (SSSR count). The van der Waals surface area contributed by atoms with Crippen molar-refractivity contribution >= 4 is 5.97 Å². The number of benzene rings is 2. The van der Waals surface area contributed by atoms with Crippen molar-refractivity contribution < 1.29 is 28.2 Å². The number of oxazole rings is 1. The van der Waals surface area contributed by atoms with Crippen molar-refractivity contribution in [3.05, 3.63) is 90.3 Å². The number of hydrogen-bond donors (Lipinski definition) is 1. The topological polar surface area (TPSA) is 94.9 Å². The van der Waals surface area contributed by atoms with Crippen LogP contribution in [0.4, 0.5) is 0 Å². The third-order valence-electron chi connectivity index (χ3n) is 6.08. The fourth-order valence-corrected chi connectivity index (χ4v) is 3.98. The molecule has 0 amide bonds. The minimum Gasteiger partial charge on any atom is -0.493 e. The van der Waals surface area contributed by atoms with Gasteiger partial charge in [0, 0.05) is 23.1 Å². The van der Waals surface area contributed by atoms with E-state index in [4.69, 9.17) is 23.3 Å². The predicted octanol–water partition coefficient (Wildman–Crippen LogP) is 6.88. The van der Waals surface area contributed by atoms with Gasteiger partial charge in [-0.05, 0) is 69.3 Å². The van der Waals surface area contributed by atoms with Crippen LogP contribution in [-0.4, -0.2) is 28.3 Å². The quantitative estimate of drug-likeness (QED) is 0.237. The third-order valence-corrected chi connectivity index (χ3v) is 6.08. The van der Waals surface area contributed by atoms with Gasteiger partial charge in [0.05, 0.1) is 12.3 Å². The summed E-state index contributed by atoms with van der Waals surface area (Å²) in [7, 11) is 0. The van der Waals surface area contributed by atoms with Gasteiger partial charge < -0.3 is 23.4 Å². The average molecular weight is 498 g/mol. The summed E-state index contributed by atoms with van der Waals surface area (Å²) in [5.41, 5.74) is 2.32. The largest absolute Gasteiger partial charge is 0.493 e. The van der Waals surface area contributed by atoms with Crippen LogP contribution >= 0.6 is 0 Å². The molecule has 0 bridgehead atoms. The number of aliphatic carboxylic acids is 1. The fraction of sp³-hybridized carbons (Fsp3) is 0.200. The lowest BCUT2D eigenvalue weighted by Crippen LogP contribution is -2.37. The summed E-state index contributed by atoms with van der Waals surface area (Å²) in [6.45, 7) is 5.30. The molecule has 0 fully saturated rings. The maximum atomic E-state index is 11.2. The number of rotatable bonds is 9. The van der Waals surface area contributed by atoms with Gasteiger partial charge in [0.1, 0.15) is 28.8 Å². The van der Waals surface area contributed by atoms with E-state index in [2.05, 4.69) is 0 Å². The first-order chi connectivity index (χ1) is 17.8. The van der Waals surface area contributed by atoms with Gasteiger partial charge in [-0.3, -0.25) is 0 Å². The van der Waals surface area contributed by atoms with Crippen molar-refractivity contribution in [2.24, 2.45) is 0 Å². The maximum Gasteiger partial charge on any atom is 0.347 e. The van der Waals surface area contributed by atoms with E-state index >= 15 is 0 Å². The molecule has 7 nitrogen and oxygen atoms in total. The van der Waals surface area contributed by atoms with E-state index < -0.39 is 11.6 Å². The Kier molecular flexibility index (Phi) is 6.44. The van der Waals surface area contributed by atoms with Crippen molar-refractivity contribution in [3.8, 4) is 45.6 Å². The predicted molar refractivity (Wildman–Crippen MR) is 139 cm³/mol. The number of aryl methyl sites for hydroxylation is 1. The lowest BCUT2D eigenvalue weighted by molar-refractivity contribution is -0.152. The number of nitrogens with zero attached hydrogens (tertiary/aromatic N) is 1. The zero-order valence-corrected chi connectivity index (χ0v) is 20.9. The standard InChI is InChI=1S/C30H27NO6/c1-19-25(17-18-34-21-12-14-22(15-13-21)37-30(2,3)29(32)33)31-28(35-19)24-9-5-4-8-23(24)27-16-11-20-7-6-10-26(20)36-27/h4-16H,17-18H2,1-3H3,(H,32,33). The van der Waals surface area contributed by atoms with Crippen molar-refractivity contribution in [1.82, 2.24) is 4.98 Å². The Morgan fingerprint density at radius 3 is 2.35 bits per heavy atom. The zero-order valence-electron chi connectivity index (χ0n) is 20.9. The summed E-state index contributed by atoms with van der Waals surface area (Å²) < 4.78 is 23.6. The van der Waals surface area contributed by atoms with E-state index in [1.165, 1.54) is 13.8 Å². The SMILES string of the molecule is Cc1oc(-c2ccccc2-c2ccc3cccc-3o2)nc1CCOc1ccc(OC(C)(C)C(=O)O)cc1. The fourth-order valence-electron chi connectivity index (χ4n) is 3.98. The summed E-state index contributed by atoms with van der Waals surface area (Å²) in [6.07, 6.45) is 0.561. The van der Waals surface area contributed by atoms with Crippen LogP contribution < -0.4 is 9.47 Å². The summed E-state index contributed by atoms with van der Waals surface area (Å²) >= 11 is 0. The first-order valence-corrected chi connectivity index (χ1v) is 12.0. The zero-order chi connectivity index (χ0) is 26.0. The second-order valence-electron chi connectivity index (χ2n) is 9.20. The van der Waals surface area contributed by atoms with Crippen molar-refractivity contribution in [1.29, 1.82) is 0 Å². The second-order valence-corrected chi connectivity index (χ2v) is 9.20. The number of aromatic nitrogens is 1. The summed E-state index contributed by atoms with van der Waals surface area (Å²) in [6, 6.07) is 24.7. The van der Waals surface area contributed by atoms with Crippen LogP contribution in [0.15, 0.2) is 87.7 Å². The van der Waals surface area contributed by atoms with E-state index in [0.29, 0.717) is 30.4 Å². The molecule has 7 heteroatoms. The van der Waals surface area contributed by atoms with E-state index in [-0.39, 0.29) is 0 Å². The van der Waals surface area contributed by atoms with Crippen LogP contribution in [0, 0.1) is 6.92 Å². The van der Waals surface area contributed by atoms with Gasteiger partial charge in [-0.25, -0.2) is 9.78 Å². The van der Waals surface area contributed by atoms with Crippen molar-refractivity contribution in [2.75, 3.05) is 6.61 Å². The molecular formula is C30H27NO6. The molecule has 3 aromatic rings. The van der Waals surface area contributed by atoms with Gasteiger partial charge in [-0.15, -0.1) is 0 Å². The van der Waals surface area contributed by atoms with Gasteiger partial charge in [-0.2, -0.15) is 0 Å². The molecule has 1 aromatic heterocycles. The monoisotopic (exact) mass is 497 g/mol. The Morgan fingerprint density at radius 1 is 0.865 bits per heavy atom. The van der Waals surface area contributed by atoms with Crippen LogP contribution in [0.25, 0.3) is 34.1 Å². The maximum absolute atomic E-state index is 11.2. The first kappa shape index (κ1) is 24.2. The molecule has 1 aliphatic heterocycles. The Morgan fingerprint density at radius 2 is 1.59 bits per heavy atom. The molecular weight excluding hydrogens is 470 g/mol. The molecule has 0 saturated carbocycles. The molecule has 188 valence electrons. The molecule has 2 aromatic carbocycles. The van der Waals surface area contributed by atoms with Crippen LogP contribution in [0.3, 0.4) is 0 Å². The minimum atomic E-state index is -1.31. The number of carboxylic acids is 1. The Labute approximate surface area is 214 Å². The van der Waals surface area contributed by atoms with Gasteiger partial charge in [0.2, 0.25) is 5.89 Å². The smallest absolute Gasteiger partial charge is 0.347 e.